The van der Waals surface area contributed by atoms with Crippen LogP contribution in [0, 0.1) is 0 Å². The molecule has 1 aromatic carbocycles. The second kappa shape index (κ2) is 6.59. The number of carbonyl (C=O) groups is 4. The molecule has 1 rings (SSSR count). The standard InChI is InChI=1S/C12H10O9/c13-4-7(14)12(20)21-11(19)6-3-1-2-5(9(15)16)8(6)10(17)18/h1-3,7,13-14H,4H2,(H,15,16)(H,17,18). The topological polar surface area (TPSA) is 158 Å². The molecule has 0 aliphatic heterocycles. The maximum atomic E-state index is 11.7. The summed E-state index contributed by atoms with van der Waals surface area (Å²) in [7, 11) is 0. The van der Waals surface area contributed by atoms with Crippen LogP contribution >= 0.6 is 0 Å². The van der Waals surface area contributed by atoms with Crippen molar-refractivity contribution in [1.29, 1.82) is 0 Å². The number of esters is 2. The number of rotatable bonds is 5. The number of hydrogen-bond acceptors (Lipinski definition) is 7. The third-order valence-corrected chi connectivity index (χ3v) is 2.37. The zero-order chi connectivity index (χ0) is 16.2. The molecular weight excluding hydrogens is 288 g/mol. The lowest BCUT2D eigenvalue weighted by Gasteiger charge is -2.09. The van der Waals surface area contributed by atoms with Crippen LogP contribution in [-0.2, 0) is 9.53 Å². The summed E-state index contributed by atoms with van der Waals surface area (Å²) in [4.78, 5) is 44.8. The van der Waals surface area contributed by atoms with Crippen LogP contribution in [0.15, 0.2) is 18.2 Å². The van der Waals surface area contributed by atoms with E-state index in [2.05, 4.69) is 4.74 Å². The number of aromatic carboxylic acids is 2. The SMILES string of the molecule is O=C(O)c1cccc(C(=O)OC(=O)C(O)CO)c1C(=O)O. The van der Waals surface area contributed by atoms with Crippen molar-refractivity contribution in [2.24, 2.45) is 0 Å². The molecule has 9 nitrogen and oxygen atoms in total. The minimum atomic E-state index is -1.97. The number of carboxylic acid groups (broad SMARTS) is 2. The van der Waals surface area contributed by atoms with E-state index in [1.165, 1.54) is 0 Å². The van der Waals surface area contributed by atoms with E-state index in [4.69, 9.17) is 20.4 Å². The molecule has 0 aromatic heterocycles. The van der Waals surface area contributed by atoms with Crippen LogP contribution in [0.2, 0.25) is 0 Å². The van der Waals surface area contributed by atoms with E-state index in [9.17, 15) is 19.2 Å². The maximum Gasteiger partial charge on any atom is 0.346 e. The van der Waals surface area contributed by atoms with Gasteiger partial charge in [-0.25, -0.2) is 19.2 Å². The largest absolute Gasteiger partial charge is 0.478 e. The molecule has 0 aliphatic carbocycles. The Morgan fingerprint density at radius 2 is 1.62 bits per heavy atom. The van der Waals surface area contributed by atoms with E-state index in [0.29, 0.717) is 0 Å². The molecule has 9 heteroatoms. The molecule has 112 valence electrons. The lowest BCUT2D eigenvalue weighted by molar-refractivity contribution is -0.149. The van der Waals surface area contributed by atoms with Gasteiger partial charge in [0.25, 0.3) is 0 Å². The Labute approximate surface area is 117 Å². The van der Waals surface area contributed by atoms with Crippen molar-refractivity contribution >= 4 is 23.9 Å². The van der Waals surface area contributed by atoms with Crippen LogP contribution in [0.3, 0.4) is 0 Å². The molecule has 1 unspecified atom stereocenters. The van der Waals surface area contributed by atoms with Gasteiger partial charge in [0, 0.05) is 0 Å². The molecule has 0 spiro atoms. The first kappa shape index (κ1) is 16.3. The van der Waals surface area contributed by atoms with Crippen molar-refractivity contribution in [1.82, 2.24) is 0 Å². The van der Waals surface area contributed by atoms with Crippen molar-refractivity contribution in [3.05, 3.63) is 34.9 Å². The molecule has 0 bridgehead atoms. The zero-order valence-corrected chi connectivity index (χ0v) is 10.3. The first-order valence-electron chi connectivity index (χ1n) is 5.44. The van der Waals surface area contributed by atoms with E-state index in [0.717, 1.165) is 18.2 Å². The van der Waals surface area contributed by atoms with Crippen molar-refractivity contribution in [3.8, 4) is 0 Å². The van der Waals surface area contributed by atoms with Crippen molar-refractivity contribution < 1.29 is 44.3 Å². The monoisotopic (exact) mass is 298 g/mol. The summed E-state index contributed by atoms with van der Waals surface area (Å²) in [6.45, 7) is -0.993. The highest BCUT2D eigenvalue weighted by molar-refractivity contribution is 6.11. The number of carboxylic acids is 2. The Hall–Kier alpha value is -2.78. The van der Waals surface area contributed by atoms with Crippen molar-refractivity contribution in [2.45, 2.75) is 6.10 Å². The molecule has 1 aromatic rings. The first-order valence-corrected chi connectivity index (χ1v) is 5.44. The molecule has 4 N–H and O–H groups in total. The van der Waals surface area contributed by atoms with Gasteiger partial charge < -0.3 is 25.2 Å². The molecule has 0 radical (unpaired) electrons. The minimum absolute atomic E-state index is 0.660. The van der Waals surface area contributed by atoms with E-state index < -0.39 is 53.3 Å². The first-order chi connectivity index (χ1) is 9.79. The predicted octanol–water partition coefficient (Wildman–Crippen LogP) is -0.880. The van der Waals surface area contributed by atoms with Crippen LogP contribution in [0.25, 0.3) is 0 Å². The number of aliphatic hydroxyl groups is 2. The molecule has 0 amide bonds. The highest BCUT2D eigenvalue weighted by Gasteiger charge is 2.27. The highest BCUT2D eigenvalue weighted by Crippen LogP contribution is 2.17. The van der Waals surface area contributed by atoms with Gasteiger partial charge in [-0.1, -0.05) is 6.07 Å². The molecule has 0 saturated carbocycles. The van der Waals surface area contributed by atoms with Crippen molar-refractivity contribution in [3.63, 3.8) is 0 Å². The number of ether oxygens (including phenoxy) is 1. The van der Waals surface area contributed by atoms with Crippen LogP contribution < -0.4 is 0 Å². The Balaban J connectivity index is 3.21. The summed E-state index contributed by atoms with van der Waals surface area (Å²) in [6.07, 6.45) is -1.97. The summed E-state index contributed by atoms with van der Waals surface area (Å²) in [6, 6.07) is 3.02. The number of aliphatic hydroxyl groups excluding tert-OH is 2. The third-order valence-electron chi connectivity index (χ3n) is 2.37. The molecule has 0 heterocycles. The van der Waals surface area contributed by atoms with Gasteiger partial charge in [0.15, 0.2) is 6.10 Å². The number of hydrogen-bond donors (Lipinski definition) is 4. The summed E-state index contributed by atoms with van der Waals surface area (Å²) in [5, 5.41) is 35.3. The number of benzene rings is 1. The quantitative estimate of drug-likeness (QED) is 0.400. The lowest BCUT2D eigenvalue weighted by Crippen LogP contribution is -2.29. The second-order valence-corrected chi connectivity index (χ2v) is 3.75. The Morgan fingerprint density at radius 1 is 1.05 bits per heavy atom. The van der Waals surface area contributed by atoms with Gasteiger partial charge in [-0.3, -0.25) is 0 Å². The zero-order valence-electron chi connectivity index (χ0n) is 10.3. The summed E-state index contributed by atoms with van der Waals surface area (Å²) in [5.41, 5.74) is -2.17. The minimum Gasteiger partial charge on any atom is -0.478 e. The fourth-order valence-corrected chi connectivity index (χ4v) is 1.42. The maximum absolute atomic E-state index is 11.7. The molecule has 1 atom stereocenters. The average molecular weight is 298 g/mol. The third kappa shape index (κ3) is 3.61. The Bertz CT molecular complexity index is 605. The van der Waals surface area contributed by atoms with Crippen LogP contribution in [0.5, 0.6) is 0 Å². The smallest absolute Gasteiger partial charge is 0.346 e. The van der Waals surface area contributed by atoms with Gasteiger partial charge in [0.2, 0.25) is 0 Å². The number of carbonyl (C=O) groups excluding carboxylic acids is 2. The van der Waals surface area contributed by atoms with E-state index >= 15 is 0 Å². The summed E-state index contributed by atoms with van der Waals surface area (Å²) >= 11 is 0. The van der Waals surface area contributed by atoms with Crippen LogP contribution in [0.1, 0.15) is 31.1 Å². The van der Waals surface area contributed by atoms with Gasteiger partial charge in [-0.2, -0.15) is 0 Å². The summed E-state index contributed by atoms with van der Waals surface area (Å²) in [5.74, 6) is -6.22. The van der Waals surface area contributed by atoms with E-state index in [1.807, 2.05) is 0 Å². The Kier molecular flexibility index (Phi) is 5.11. The molecule has 0 aliphatic rings. The molecule has 0 saturated heterocycles. The highest BCUT2D eigenvalue weighted by atomic mass is 16.6. The van der Waals surface area contributed by atoms with Gasteiger partial charge in [-0.05, 0) is 12.1 Å². The van der Waals surface area contributed by atoms with Gasteiger partial charge in [-0.15, -0.1) is 0 Å². The second-order valence-electron chi connectivity index (χ2n) is 3.75. The summed E-state index contributed by atoms with van der Waals surface area (Å²) < 4.78 is 4.17. The van der Waals surface area contributed by atoms with Gasteiger partial charge in [0.05, 0.1) is 23.3 Å². The molecular formula is C12H10O9. The predicted molar refractivity (Wildman–Crippen MR) is 63.9 cm³/mol. The van der Waals surface area contributed by atoms with Crippen molar-refractivity contribution in [2.75, 3.05) is 6.61 Å². The van der Waals surface area contributed by atoms with E-state index in [-0.39, 0.29) is 0 Å². The Morgan fingerprint density at radius 3 is 2.10 bits per heavy atom. The fraction of sp³-hybridized carbons (Fsp3) is 0.167. The van der Waals surface area contributed by atoms with Crippen LogP contribution in [-0.4, -0.2) is 57.0 Å². The van der Waals surface area contributed by atoms with E-state index in [1.54, 1.807) is 0 Å². The van der Waals surface area contributed by atoms with Crippen LogP contribution in [0.4, 0.5) is 0 Å². The van der Waals surface area contributed by atoms with Gasteiger partial charge in [0.1, 0.15) is 0 Å². The lowest BCUT2D eigenvalue weighted by atomic mass is 10.0. The van der Waals surface area contributed by atoms with Gasteiger partial charge >= 0.3 is 23.9 Å². The molecule has 0 fully saturated rings. The fourth-order valence-electron chi connectivity index (χ4n) is 1.42. The normalized spacial score (nSPS) is 11.5. The molecule has 21 heavy (non-hydrogen) atoms. The average Bonchev–Trinajstić information content (AvgIpc) is 2.44.